The van der Waals surface area contributed by atoms with Crippen LogP contribution in [0, 0.1) is 11.3 Å². The maximum Gasteiger partial charge on any atom is 0.248 e. The molecule has 1 aromatic heterocycles. The summed E-state index contributed by atoms with van der Waals surface area (Å²) in [4.78, 5) is 47.0. The van der Waals surface area contributed by atoms with E-state index in [9.17, 15) is 14.4 Å². The number of amides is 2. The Bertz CT molecular complexity index is 1550. The van der Waals surface area contributed by atoms with Gasteiger partial charge in [-0.2, -0.15) is 5.10 Å². The Hall–Kier alpha value is -3.78. The lowest BCUT2D eigenvalue weighted by Crippen LogP contribution is -2.55. The van der Waals surface area contributed by atoms with Crippen LogP contribution < -0.4 is 5.32 Å². The van der Waals surface area contributed by atoms with Gasteiger partial charge in [-0.15, -0.1) is 0 Å². The van der Waals surface area contributed by atoms with Gasteiger partial charge in [-0.1, -0.05) is 62.1 Å². The molecule has 3 aromatic rings. The molecule has 0 spiro atoms. The van der Waals surface area contributed by atoms with E-state index in [0.29, 0.717) is 48.0 Å². The number of aryl methyl sites for hydroxylation is 1. The third-order valence-corrected chi connectivity index (χ3v) is 10.5. The van der Waals surface area contributed by atoms with Gasteiger partial charge in [0.2, 0.25) is 11.8 Å². The lowest BCUT2D eigenvalue weighted by Gasteiger charge is -2.48. The molecule has 2 heterocycles. The minimum Gasteiger partial charge on any atom is -0.341 e. The predicted octanol–water partition coefficient (Wildman–Crippen LogP) is 5.78. The van der Waals surface area contributed by atoms with Crippen LogP contribution in [0.4, 0.5) is 0 Å². The first-order valence-electron chi connectivity index (χ1n) is 16.4. The van der Waals surface area contributed by atoms with Gasteiger partial charge in [-0.25, -0.2) is 4.98 Å². The number of aromatic nitrogens is 3. The molecule has 0 radical (unpaired) electrons. The number of likely N-dealkylation sites (tertiary alicyclic amines) is 1. The molecule has 1 aliphatic heterocycles. The van der Waals surface area contributed by atoms with E-state index in [1.807, 2.05) is 39.9 Å². The number of nitrogens with one attached hydrogen (secondary N) is 1. The molecule has 1 N–H and O–H groups in total. The van der Waals surface area contributed by atoms with Gasteiger partial charge >= 0.3 is 0 Å². The molecule has 2 fully saturated rings. The molecule has 2 aliphatic carbocycles. The molecule has 0 unspecified atom stereocenters. The summed E-state index contributed by atoms with van der Waals surface area (Å²) in [7, 11) is 0. The number of nitrogens with zero attached hydrogens (tertiary/aromatic N) is 4. The second-order valence-electron chi connectivity index (χ2n) is 13.0. The molecular weight excluding hydrogens is 586 g/mol. The maximum absolute atomic E-state index is 14.2. The van der Waals surface area contributed by atoms with Crippen molar-refractivity contribution in [3.8, 4) is 0 Å². The summed E-state index contributed by atoms with van der Waals surface area (Å²) < 4.78 is 1.95. The topological polar surface area (TPSA) is 97.2 Å². The SMILES string of the molecule is CCc1ccc2c(c1)C(=O)C=C(C(=O)N[C@H](Cc1ccc(Cl)cc1)C(=O)N1CCC(Cn3cncn3)(C3CCCCC3)CC1)C2. The second kappa shape index (κ2) is 13.7. The smallest absolute Gasteiger partial charge is 0.248 e. The fourth-order valence-corrected chi connectivity index (χ4v) is 7.74. The number of hydrogen-bond acceptors (Lipinski definition) is 5. The number of allylic oxidation sites excluding steroid dienone is 1. The molecule has 1 atom stereocenters. The largest absolute Gasteiger partial charge is 0.341 e. The third kappa shape index (κ3) is 7.06. The van der Waals surface area contributed by atoms with Gasteiger partial charge in [-0.3, -0.25) is 19.1 Å². The van der Waals surface area contributed by atoms with Crippen LogP contribution in [-0.2, 0) is 35.4 Å². The molecule has 45 heavy (non-hydrogen) atoms. The molecule has 8 nitrogen and oxygen atoms in total. The van der Waals surface area contributed by atoms with Crippen LogP contribution in [0.5, 0.6) is 0 Å². The van der Waals surface area contributed by atoms with Gasteiger partial charge in [0.1, 0.15) is 18.7 Å². The number of ketones is 1. The first-order valence-corrected chi connectivity index (χ1v) is 16.7. The number of hydrogen-bond donors (Lipinski definition) is 1. The van der Waals surface area contributed by atoms with Crippen molar-refractivity contribution >= 4 is 29.2 Å². The van der Waals surface area contributed by atoms with Crippen molar-refractivity contribution in [1.82, 2.24) is 25.0 Å². The number of carbonyl (C=O) groups excluding carboxylic acids is 3. The van der Waals surface area contributed by atoms with E-state index in [4.69, 9.17) is 11.6 Å². The molecular formula is C36H42ClN5O3. The van der Waals surface area contributed by atoms with Crippen molar-refractivity contribution < 1.29 is 14.4 Å². The van der Waals surface area contributed by atoms with Gasteiger partial charge in [0.05, 0.1) is 0 Å². The van der Waals surface area contributed by atoms with E-state index in [0.717, 1.165) is 42.5 Å². The van der Waals surface area contributed by atoms with Crippen LogP contribution in [0.1, 0.15) is 78.9 Å². The molecule has 1 saturated heterocycles. The number of halogens is 1. The molecule has 2 amide bonds. The van der Waals surface area contributed by atoms with E-state index < -0.39 is 6.04 Å². The number of fused-ring (bicyclic) bond motifs is 1. The monoisotopic (exact) mass is 627 g/mol. The zero-order chi connectivity index (χ0) is 31.4. The zero-order valence-electron chi connectivity index (χ0n) is 26.0. The highest BCUT2D eigenvalue weighted by Gasteiger charge is 2.44. The minimum absolute atomic E-state index is 0.0676. The third-order valence-electron chi connectivity index (χ3n) is 10.3. The van der Waals surface area contributed by atoms with Crippen LogP contribution in [0.2, 0.25) is 5.02 Å². The summed E-state index contributed by atoms with van der Waals surface area (Å²) in [6.45, 7) is 4.13. The van der Waals surface area contributed by atoms with Gasteiger partial charge in [0, 0.05) is 48.6 Å². The van der Waals surface area contributed by atoms with E-state index >= 15 is 0 Å². The summed E-state index contributed by atoms with van der Waals surface area (Å²) >= 11 is 6.14. The Morgan fingerprint density at radius 2 is 1.78 bits per heavy atom. The molecule has 2 aromatic carbocycles. The van der Waals surface area contributed by atoms with E-state index in [2.05, 4.69) is 22.3 Å². The zero-order valence-corrected chi connectivity index (χ0v) is 26.8. The van der Waals surface area contributed by atoms with Gasteiger partial charge in [-0.05, 0) is 84.4 Å². The summed E-state index contributed by atoms with van der Waals surface area (Å²) in [6.07, 6.45) is 14.4. The summed E-state index contributed by atoms with van der Waals surface area (Å²) in [6, 6.07) is 12.5. The van der Waals surface area contributed by atoms with Crippen LogP contribution >= 0.6 is 11.6 Å². The Morgan fingerprint density at radius 3 is 2.47 bits per heavy atom. The number of carbonyl (C=O) groups is 3. The van der Waals surface area contributed by atoms with Crippen molar-refractivity contribution in [3.63, 3.8) is 0 Å². The standard InChI is InChI=1S/C36H42ClN5O3/c1-2-25-8-11-27-20-28(21-33(43)31(27)18-25)34(44)40-32(19-26-9-12-30(37)13-10-26)35(45)41-16-14-36(15-17-41,22-42-24-38-23-39-42)29-6-4-3-5-7-29/h8-13,18,21,23-24,29,32H,2-7,14-17,19-20,22H2,1H3,(H,40,44)/t32-/m1/s1. The van der Waals surface area contributed by atoms with Crippen molar-refractivity contribution in [2.75, 3.05) is 13.1 Å². The van der Waals surface area contributed by atoms with Crippen LogP contribution in [-0.4, -0.2) is 56.4 Å². The maximum atomic E-state index is 14.2. The van der Waals surface area contributed by atoms with Crippen molar-refractivity contribution in [3.05, 3.63) is 94.0 Å². The fourth-order valence-electron chi connectivity index (χ4n) is 7.61. The number of benzene rings is 2. The summed E-state index contributed by atoms with van der Waals surface area (Å²) in [5.41, 5.74) is 3.94. The fraction of sp³-hybridized carbons (Fsp3) is 0.472. The predicted molar refractivity (Wildman–Crippen MR) is 174 cm³/mol. The molecule has 236 valence electrons. The lowest BCUT2D eigenvalue weighted by molar-refractivity contribution is -0.139. The average molecular weight is 628 g/mol. The first kappa shape index (κ1) is 31.2. The molecule has 3 aliphatic rings. The van der Waals surface area contributed by atoms with Gasteiger partial charge < -0.3 is 10.2 Å². The molecule has 1 saturated carbocycles. The average Bonchev–Trinajstić information content (AvgIpc) is 3.58. The quantitative estimate of drug-likeness (QED) is 0.325. The van der Waals surface area contributed by atoms with E-state index in [1.165, 1.54) is 38.2 Å². The highest BCUT2D eigenvalue weighted by molar-refractivity contribution is 6.30. The van der Waals surface area contributed by atoms with Crippen molar-refractivity contribution in [2.45, 2.75) is 83.7 Å². The Morgan fingerprint density at radius 1 is 1.04 bits per heavy atom. The van der Waals surface area contributed by atoms with Crippen LogP contribution in [0.25, 0.3) is 0 Å². The second-order valence-corrected chi connectivity index (χ2v) is 13.5. The minimum atomic E-state index is -0.768. The van der Waals surface area contributed by atoms with E-state index in [1.54, 1.807) is 24.8 Å². The Labute approximate surface area is 270 Å². The molecule has 6 rings (SSSR count). The molecule has 9 heteroatoms. The number of rotatable bonds is 9. The first-order chi connectivity index (χ1) is 21.8. The summed E-state index contributed by atoms with van der Waals surface area (Å²) in [5.74, 6) is -0.0308. The van der Waals surface area contributed by atoms with Crippen molar-refractivity contribution in [2.24, 2.45) is 11.3 Å². The Balaban J connectivity index is 1.19. The number of piperidine rings is 1. The van der Waals surface area contributed by atoms with Crippen LogP contribution in [0.15, 0.2) is 66.8 Å². The lowest BCUT2D eigenvalue weighted by atomic mass is 9.63. The van der Waals surface area contributed by atoms with Crippen LogP contribution in [0.3, 0.4) is 0 Å². The highest BCUT2D eigenvalue weighted by Crippen LogP contribution is 2.47. The van der Waals surface area contributed by atoms with Crippen molar-refractivity contribution in [1.29, 1.82) is 0 Å². The van der Waals surface area contributed by atoms with Gasteiger partial charge in [0.25, 0.3) is 0 Å². The van der Waals surface area contributed by atoms with E-state index in [-0.39, 0.29) is 23.0 Å². The Kier molecular flexibility index (Phi) is 9.50. The van der Waals surface area contributed by atoms with Gasteiger partial charge in [0.15, 0.2) is 5.78 Å². The summed E-state index contributed by atoms with van der Waals surface area (Å²) in [5, 5.41) is 8.08. The molecule has 0 bridgehead atoms. The normalized spacial score (nSPS) is 19.0. The highest BCUT2D eigenvalue weighted by atomic mass is 35.5.